The van der Waals surface area contributed by atoms with E-state index in [4.69, 9.17) is 5.73 Å². The largest absolute Gasteiger partial charge is 0.456 e. The zero-order chi connectivity index (χ0) is 12.2. The fourth-order valence-corrected chi connectivity index (χ4v) is 1.67. The van der Waals surface area contributed by atoms with Crippen molar-refractivity contribution in [2.24, 2.45) is 5.73 Å². The summed E-state index contributed by atoms with van der Waals surface area (Å²) in [6, 6.07) is 1.55. The lowest BCUT2D eigenvalue weighted by molar-refractivity contribution is -0.153. The molecular weight excluding hydrogens is 233 g/mol. The van der Waals surface area contributed by atoms with Gasteiger partial charge in [-0.1, -0.05) is 0 Å². The molecule has 0 aliphatic heterocycles. The van der Waals surface area contributed by atoms with Crippen LogP contribution in [0.5, 0.6) is 0 Å². The molecule has 1 aliphatic carbocycles. The van der Waals surface area contributed by atoms with E-state index in [1.807, 2.05) is 0 Å². The van der Waals surface area contributed by atoms with E-state index in [0.717, 1.165) is 6.07 Å². The Kier molecular flexibility index (Phi) is 2.11. The average Bonchev–Trinajstić information content (AvgIpc) is 2.59. The van der Waals surface area contributed by atoms with Crippen LogP contribution in [0.3, 0.4) is 0 Å². The highest BCUT2D eigenvalue weighted by atomic mass is 19.4. The lowest BCUT2D eigenvalue weighted by Gasteiger charge is -2.10. The van der Waals surface area contributed by atoms with Gasteiger partial charge in [0.25, 0.3) is 5.92 Å². The number of hydrogen-bond acceptors (Lipinski definition) is 2. The molecule has 7 heteroatoms. The van der Waals surface area contributed by atoms with Gasteiger partial charge in [-0.05, 0) is 12.1 Å². The minimum atomic E-state index is -4.67. The standard InChI is InChI=1S/C9H8F5NO/c10-8(11)3-7(8,4-15)5-1-2-6(16-5)9(12,13)14/h1-2H,3-4,15H2. The van der Waals surface area contributed by atoms with Crippen LogP contribution in [0, 0.1) is 0 Å². The van der Waals surface area contributed by atoms with E-state index in [1.165, 1.54) is 0 Å². The van der Waals surface area contributed by atoms with Crippen LogP contribution in [0.4, 0.5) is 22.0 Å². The lowest BCUT2D eigenvalue weighted by Crippen LogP contribution is -2.26. The maximum atomic E-state index is 13.0. The monoisotopic (exact) mass is 241 g/mol. The second-order valence-corrected chi connectivity index (χ2v) is 3.83. The van der Waals surface area contributed by atoms with E-state index in [-0.39, 0.29) is 0 Å². The van der Waals surface area contributed by atoms with Gasteiger partial charge in [-0.2, -0.15) is 13.2 Å². The third-order valence-electron chi connectivity index (χ3n) is 2.80. The fraction of sp³-hybridized carbons (Fsp3) is 0.556. The van der Waals surface area contributed by atoms with E-state index < -0.39 is 42.0 Å². The van der Waals surface area contributed by atoms with E-state index in [9.17, 15) is 22.0 Å². The summed E-state index contributed by atoms with van der Waals surface area (Å²) in [5.41, 5.74) is 3.42. The Morgan fingerprint density at radius 3 is 2.19 bits per heavy atom. The molecular formula is C9H8F5NO. The minimum Gasteiger partial charge on any atom is -0.456 e. The number of rotatable bonds is 2. The van der Waals surface area contributed by atoms with Gasteiger partial charge in [0.1, 0.15) is 11.2 Å². The zero-order valence-corrected chi connectivity index (χ0v) is 7.94. The summed E-state index contributed by atoms with van der Waals surface area (Å²) in [5.74, 6) is -4.76. The first-order chi connectivity index (χ1) is 7.23. The van der Waals surface area contributed by atoms with Crippen LogP contribution in [0.25, 0.3) is 0 Å². The van der Waals surface area contributed by atoms with Crippen LogP contribution in [0.1, 0.15) is 17.9 Å². The highest BCUT2D eigenvalue weighted by Crippen LogP contribution is 2.61. The molecule has 0 bridgehead atoms. The number of nitrogens with two attached hydrogens (primary N) is 1. The molecule has 0 radical (unpaired) electrons. The molecule has 1 aliphatic rings. The zero-order valence-electron chi connectivity index (χ0n) is 7.94. The molecule has 2 rings (SSSR count). The van der Waals surface area contributed by atoms with E-state index in [0.29, 0.717) is 6.07 Å². The highest BCUT2D eigenvalue weighted by molar-refractivity contribution is 5.33. The van der Waals surface area contributed by atoms with Crippen molar-refractivity contribution in [1.29, 1.82) is 0 Å². The van der Waals surface area contributed by atoms with Gasteiger partial charge < -0.3 is 10.2 Å². The maximum absolute atomic E-state index is 13.0. The summed E-state index contributed by atoms with van der Waals surface area (Å²) in [4.78, 5) is 0. The van der Waals surface area contributed by atoms with Crippen LogP contribution in [0.15, 0.2) is 16.5 Å². The van der Waals surface area contributed by atoms with E-state index in [2.05, 4.69) is 4.42 Å². The molecule has 0 saturated heterocycles. The van der Waals surface area contributed by atoms with Gasteiger partial charge in [0.2, 0.25) is 5.76 Å². The van der Waals surface area contributed by atoms with Crippen molar-refractivity contribution in [2.75, 3.05) is 6.54 Å². The first-order valence-corrected chi connectivity index (χ1v) is 4.48. The Balaban J connectivity index is 2.33. The quantitative estimate of drug-likeness (QED) is 0.808. The molecule has 0 amide bonds. The number of alkyl halides is 5. The molecule has 1 heterocycles. The lowest BCUT2D eigenvalue weighted by atomic mass is 10.0. The summed E-state index contributed by atoms with van der Waals surface area (Å²) in [5, 5.41) is 0. The molecule has 1 fully saturated rings. The fourth-order valence-electron chi connectivity index (χ4n) is 1.67. The van der Waals surface area contributed by atoms with Crippen molar-refractivity contribution in [1.82, 2.24) is 0 Å². The molecule has 0 aromatic carbocycles. The summed E-state index contributed by atoms with van der Waals surface area (Å²) >= 11 is 0. The van der Waals surface area contributed by atoms with Crippen molar-refractivity contribution in [3.63, 3.8) is 0 Å². The van der Waals surface area contributed by atoms with Crippen molar-refractivity contribution in [3.05, 3.63) is 23.7 Å². The third-order valence-corrected chi connectivity index (χ3v) is 2.80. The molecule has 1 atom stereocenters. The van der Waals surface area contributed by atoms with Gasteiger partial charge >= 0.3 is 6.18 Å². The van der Waals surface area contributed by atoms with Gasteiger partial charge in [-0.3, -0.25) is 0 Å². The number of halogens is 5. The van der Waals surface area contributed by atoms with E-state index in [1.54, 1.807) is 0 Å². The smallest absolute Gasteiger partial charge is 0.449 e. The Labute approximate surface area is 87.2 Å². The second kappa shape index (κ2) is 2.97. The maximum Gasteiger partial charge on any atom is 0.449 e. The molecule has 1 aromatic rings. The predicted molar refractivity (Wildman–Crippen MR) is 44.0 cm³/mol. The Hall–Kier alpha value is -1.11. The first-order valence-electron chi connectivity index (χ1n) is 4.48. The van der Waals surface area contributed by atoms with Gasteiger partial charge in [0.05, 0.1) is 0 Å². The first kappa shape index (κ1) is 11.4. The van der Waals surface area contributed by atoms with Crippen LogP contribution in [-0.4, -0.2) is 12.5 Å². The normalized spacial score (nSPS) is 28.1. The Bertz CT molecular complexity index is 410. The summed E-state index contributed by atoms with van der Waals surface area (Å²) < 4.78 is 67.0. The van der Waals surface area contributed by atoms with Crippen molar-refractivity contribution in [3.8, 4) is 0 Å². The van der Waals surface area contributed by atoms with Crippen molar-refractivity contribution in [2.45, 2.75) is 23.9 Å². The summed E-state index contributed by atoms with van der Waals surface area (Å²) in [6.07, 6.45) is -5.24. The van der Waals surface area contributed by atoms with Gasteiger partial charge in [0.15, 0.2) is 0 Å². The third kappa shape index (κ3) is 1.41. The Morgan fingerprint density at radius 1 is 1.31 bits per heavy atom. The molecule has 1 unspecified atom stereocenters. The number of hydrogen-bond donors (Lipinski definition) is 1. The van der Waals surface area contributed by atoms with E-state index >= 15 is 0 Å². The van der Waals surface area contributed by atoms with Crippen LogP contribution in [0.2, 0.25) is 0 Å². The molecule has 16 heavy (non-hydrogen) atoms. The van der Waals surface area contributed by atoms with Gasteiger partial charge in [-0.15, -0.1) is 0 Å². The highest BCUT2D eigenvalue weighted by Gasteiger charge is 2.73. The minimum absolute atomic E-state index is 0.396. The molecule has 0 spiro atoms. The number of furan rings is 1. The second-order valence-electron chi connectivity index (χ2n) is 3.83. The van der Waals surface area contributed by atoms with Crippen LogP contribution in [-0.2, 0) is 11.6 Å². The Morgan fingerprint density at radius 2 is 1.88 bits per heavy atom. The molecule has 1 saturated carbocycles. The summed E-state index contributed by atoms with van der Waals surface area (Å²) in [6.45, 7) is -0.440. The predicted octanol–water partition coefficient (Wildman–Crippen LogP) is 2.53. The van der Waals surface area contributed by atoms with Crippen molar-refractivity contribution >= 4 is 0 Å². The molecule has 90 valence electrons. The van der Waals surface area contributed by atoms with Crippen LogP contribution >= 0.6 is 0 Å². The summed E-state index contributed by atoms with van der Waals surface area (Å²) in [7, 11) is 0. The van der Waals surface area contributed by atoms with Gasteiger partial charge in [0, 0.05) is 13.0 Å². The van der Waals surface area contributed by atoms with Gasteiger partial charge in [-0.25, -0.2) is 8.78 Å². The topological polar surface area (TPSA) is 39.2 Å². The molecule has 1 aromatic heterocycles. The van der Waals surface area contributed by atoms with Crippen molar-refractivity contribution < 1.29 is 26.4 Å². The van der Waals surface area contributed by atoms with Crippen LogP contribution < -0.4 is 5.73 Å². The molecule has 2 nitrogen and oxygen atoms in total. The SMILES string of the molecule is NCC1(c2ccc(C(F)(F)F)o2)CC1(F)F. The average molecular weight is 241 g/mol. The molecule has 2 N–H and O–H groups in total.